The topological polar surface area (TPSA) is 62.2 Å². The summed E-state index contributed by atoms with van der Waals surface area (Å²) in [5.74, 6) is 1.29. The third-order valence-electron chi connectivity index (χ3n) is 8.52. The summed E-state index contributed by atoms with van der Waals surface area (Å²) in [5.41, 5.74) is 1.78. The number of phenolic OH excluding ortho intramolecular Hbond substituents is 1. The minimum Gasteiger partial charge on any atom is -0.502 e. The molecule has 1 aliphatic rings. The number of piperazine rings is 1. The number of ether oxygens (including phenoxy) is 2. The first kappa shape index (κ1) is 36.2. The van der Waals surface area contributed by atoms with Crippen molar-refractivity contribution in [2.45, 2.75) is 110 Å². The predicted molar refractivity (Wildman–Crippen MR) is 183 cm³/mol. The number of hydrogen-bond acceptors (Lipinski definition) is 6. The lowest BCUT2D eigenvalue weighted by atomic mass is 10.1. The summed E-state index contributed by atoms with van der Waals surface area (Å²) >= 11 is 5.98. The number of halogens is 1. The molecule has 0 bridgehead atoms. The van der Waals surface area contributed by atoms with Gasteiger partial charge in [-0.15, -0.1) is 0 Å². The van der Waals surface area contributed by atoms with Gasteiger partial charge in [-0.3, -0.25) is 14.6 Å². The number of ketones is 1. The van der Waals surface area contributed by atoms with Gasteiger partial charge in [-0.1, -0.05) is 102 Å². The number of hydrogen-bond donors (Lipinski definition) is 1. The second kappa shape index (κ2) is 21.5. The van der Waals surface area contributed by atoms with Gasteiger partial charge in [0.15, 0.2) is 17.3 Å². The molecular weight excluding hydrogens is 572 g/mol. The highest BCUT2D eigenvalue weighted by Gasteiger charge is 2.21. The monoisotopic (exact) mass is 628 g/mol. The SMILES string of the molecule is CCCCCCCCCOc1cc(CN2CCN(CC(=O)c3ccc(Cl)cc3)CC2)cc(OCCCCCCCCC)c1O. The number of benzene rings is 2. The Balaban J connectivity index is 1.51. The highest BCUT2D eigenvalue weighted by Crippen LogP contribution is 2.38. The first-order valence-electron chi connectivity index (χ1n) is 17.3. The van der Waals surface area contributed by atoms with E-state index in [-0.39, 0.29) is 11.5 Å². The van der Waals surface area contributed by atoms with E-state index in [0.29, 0.717) is 41.8 Å². The Morgan fingerprint density at radius 3 is 1.66 bits per heavy atom. The van der Waals surface area contributed by atoms with Gasteiger partial charge in [0.25, 0.3) is 0 Å². The fourth-order valence-corrected chi connectivity index (χ4v) is 5.85. The van der Waals surface area contributed by atoms with Crippen molar-refractivity contribution in [3.8, 4) is 17.2 Å². The fraction of sp³-hybridized carbons (Fsp3) is 0.649. The number of phenols is 1. The van der Waals surface area contributed by atoms with Crippen molar-refractivity contribution in [1.29, 1.82) is 0 Å². The van der Waals surface area contributed by atoms with E-state index < -0.39 is 0 Å². The zero-order chi connectivity index (χ0) is 31.4. The number of unbranched alkanes of at least 4 members (excludes halogenated alkanes) is 12. The van der Waals surface area contributed by atoms with Crippen LogP contribution >= 0.6 is 11.6 Å². The third-order valence-corrected chi connectivity index (χ3v) is 8.77. The van der Waals surface area contributed by atoms with Crippen molar-refractivity contribution in [3.63, 3.8) is 0 Å². The third kappa shape index (κ3) is 13.8. The summed E-state index contributed by atoms with van der Waals surface area (Å²) in [5, 5.41) is 11.7. The van der Waals surface area contributed by atoms with Gasteiger partial charge in [0.05, 0.1) is 19.8 Å². The van der Waals surface area contributed by atoms with Crippen molar-refractivity contribution in [2.75, 3.05) is 45.9 Å². The zero-order valence-corrected chi connectivity index (χ0v) is 28.2. The molecule has 3 rings (SSSR count). The van der Waals surface area contributed by atoms with Crippen LogP contribution in [0.4, 0.5) is 0 Å². The van der Waals surface area contributed by atoms with Crippen LogP contribution in [0.3, 0.4) is 0 Å². The van der Waals surface area contributed by atoms with Crippen LogP contribution in [0.15, 0.2) is 36.4 Å². The number of rotatable bonds is 23. The minimum atomic E-state index is 0.116. The van der Waals surface area contributed by atoms with E-state index in [4.69, 9.17) is 21.1 Å². The molecule has 0 aliphatic carbocycles. The molecule has 0 unspecified atom stereocenters. The Morgan fingerprint density at radius 1 is 0.705 bits per heavy atom. The fourth-order valence-electron chi connectivity index (χ4n) is 5.72. The lowest BCUT2D eigenvalue weighted by molar-refractivity contribution is 0.0843. The Kier molecular flexibility index (Phi) is 17.6. The summed E-state index contributed by atoms with van der Waals surface area (Å²) in [6.45, 7) is 10.3. The minimum absolute atomic E-state index is 0.116. The van der Waals surface area contributed by atoms with E-state index in [0.717, 1.165) is 64.0 Å². The number of carbonyl (C=O) groups excluding carboxylic acids is 1. The maximum atomic E-state index is 12.7. The van der Waals surface area contributed by atoms with E-state index in [2.05, 4.69) is 23.6 Å². The van der Waals surface area contributed by atoms with Crippen LogP contribution in [0.2, 0.25) is 5.02 Å². The van der Waals surface area contributed by atoms with Crippen molar-refractivity contribution >= 4 is 17.4 Å². The molecule has 6 nitrogen and oxygen atoms in total. The van der Waals surface area contributed by atoms with Gasteiger partial charge >= 0.3 is 0 Å². The van der Waals surface area contributed by atoms with Crippen LogP contribution in [-0.2, 0) is 6.54 Å². The molecule has 246 valence electrons. The van der Waals surface area contributed by atoms with Gasteiger partial charge in [0.2, 0.25) is 5.75 Å². The second-order valence-electron chi connectivity index (χ2n) is 12.4. The van der Waals surface area contributed by atoms with Crippen LogP contribution in [-0.4, -0.2) is 66.6 Å². The Bertz CT molecular complexity index is 1030. The highest BCUT2D eigenvalue weighted by atomic mass is 35.5. The molecular formula is C37H57ClN2O4. The molecule has 2 aromatic rings. The summed E-state index contributed by atoms with van der Waals surface area (Å²) in [7, 11) is 0. The summed E-state index contributed by atoms with van der Waals surface area (Å²) < 4.78 is 12.3. The Labute approximate surface area is 272 Å². The van der Waals surface area contributed by atoms with Gasteiger partial charge in [-0.05, 0) is 54.8 Å². The molecule has 0 aromatic heterocycles. The molecule has 1 N–H and O–H groups in total. The van der Waals surface area contributed by atoms with Crippen molar-refractivity contribution < 1.29 is 19.4 Å². The summed E-state index contributed by atoms with van der Waals surface area (Å²) in [6.07, 6.45) is 17.1. The molecule has 0 radical (unpaired) electrons. The number of carbonyl (C=O) groups is 1. The van der Waals surface area contributed by atoms with Crippen molar-refractivity contribution in [3.05, 3.63) is 52.5 Å². The zero-order valence-electron chi connectivity index (χ0n) is 27.5. The van der Waals surface area contributed by atoms with E-state index in [9.17, 15) is 9.90 Å². The average molecular weight is 629 g/mol. The second-order valence-corrected chi connectivity index (χ2v) is 12.8. The molecule has 0 spiro atoms. The molecule has 44 heavy (non-hydrogen) atoms. The van der Waals surface area contributed by atoms with Gasteiger partial charge in [0.1, 0.15) is 0 Å². The molecule has 7 heteroatoms. The molecule has 0 saturated carbocycles. The van der Waals surface area contributed by atoms with Crippen LogP contribution in [0.5, 0.6) is 17.2 Å². The first-order valence-corrected chi connectivity index (χ1v) is 17.7. The summed E-state index contributed by atoms with van der Waals surface area (Å²) in [6, 6.07) is 11.1. The first-order chi connectivity index (χ1) is 21.5. The molecule has 2 aromatic carbocycles. The predicted octanol–water partition coefficient (Wildman–Crippen LogP) is 9.30. The van der Waals surface area contributed by atoms with Crippen LogP contribution < -0.4 is 9.47 Å². The van der Waals surface area contributed by atoms with Gasteiger partial charge < -0.3 is 14.6 Å². The Hall–Kier alpha value is -2.28. The maximum absolute atomic E-state index is 12.7. The molecule has 1 saturated heterocycles. The van der Waals surface area contributed by atoms with Crippen LogP contribution in [0, 0.1) is 0 Å². The number of Topliss-reactive ketones (excluding diaryl/α,β-unsaturated/α-hetero) is 1. The number of nitrogens with zero attached hydrogens (tertiary/aromatic N) is 2. The van der Waals surface area contributed by atoms with E-state index in [1.807, 2.05) is 12.1 Å². The van der Waals surface area contributed by atoms with E-state index in [1.54, 1.807) is 24.3 Å². The maximum Gasteiger partial charge on any atom is 0.200 e. The smallest absolute Gasteiger partial charge is 0.200 e. The normalized spacial score (nSPS) is 14.2. The molecule has 1 heterocycles. The Morgan fingerprint density at radius 2 is 1.16 bits per heavy atom. The molecule has 0 amide bonds. The van der Waals surface area contributed by atoms with Crippen LogP contribution in [0.25, 0.3) is 0 Å². The lowest BCUT2D eigenvalue weighted by Crippen LogP contribution is -2.47. The molecule has 1 aliphatic heterocycles. The van der Waals surface area contributed by atoms with Crippen molar-refractivity contribution in [2.24, 2.45) is 0 Å². The van der Waals surface area contributed by atoms with Gasteiger partial charge in [-0.25, -0.2) is 0 Å². The quantitative estimate of drug-likeness (QED) is 0.0977. The van der Waals surface area contributed by atoms with E-state index in [1.165, 1.54) is 64.2 Å². The van der Waals surface area contributed by atoms with Gasteiger partial charge in [0, 0.05) is 43.3 Å². The summed E-state index contributed by atoms with van der Waals surface area (Å²) in [4.78, 5) is 17.3. The largest absolute Gasteiger partial charge is 0.502 e. The van der Waals surface area contributed by atoms with E-state index >= 15 is 0 Å². The highest BCUT2D eigenvalue weighted by molar-refractivity contribution is 6.30. The molecule has 1 fully saturated rings. The van der Waals surface area contributed by atoms with Gasteiger partial charge in [-0.2, -0.15) is 0 Å². The van der Waals surface area contributed by atoms with Crippen LogP contribution in [0.1, 0.15) is 120 Å². The molecule has 0 atom stereocenters. The standard InChI is InChI=1S/C37H57ClN2O4/c1-3-5-7-9-11-13-15-25-43-35-27-31(28-36(37(35)42)44-26-16-14-12-10-8-6-4-2)29-39-21-23-40(24-22-39)30-34(41)32-17-19-33(38)20-18-32/h17-20,27-28,42H,3-16,21-26,29-30H2,1-2H3. The lowest BCUT2D eigenvalue weighted by Gasteiger charge is -2.34. The van der Waals surface area contributed by atoms with Crippen molar-refractivity contribution in [1.82, 2.24) is 9.80 Å². The number of aromatic hydroxyl groups is 1. The average Bonchev–Trinajstić information content (AvgIpc) is 3.02.